The molecule has 0 unspecified atom stereocenters. The Hall–Kier alpha value is -2.67. The summed E-state index contributed by atoms with van der Waals surface area (Å²) in [4.78, 5) is 37.2. The summed E-state index contributed by atoms with van der Waals surface area (Å²) < 4.78 is 11.4. The quantitative estimate of drug-likeness (QED) is 0.533. The normalized spacial score (nSPS) is 12.9. The molecule has 3 rings (SSSR count). The second-order valence-electron chi connectivity index (χ2n) is 5.73. The van der Waals surface area contributed by atoms with Gasteiger partial charge in [-0.25, -0.2) is 4.79 Å². The zero-order valence-corrected chi connectivity index (χ0v) is 15.6. The van der Waals surface area contributed by atoms with E-state index in [1.54, 1.807) is 36.4 Å². The van der Waals surface area contributed by atoms with Crippen LogP contribution in [-0.2, 0) is 9.53 Å². The van der Waals surface area contributed by atoms with Crippen molar-refractivity contribution in [3.63, 3.8) is 0 Å². The molecule has 0 saturated carbocycles. The summed E-state index contributed by atoms with van der Waals surface area (Å²) in [5.41, 5.74) is 1.73. The summed E-state index contributed by atoms with van der Waals surface area (Å²) in [5, 5.41) is 0. The van der Waals surface area contributed by atoms with E-state index in [0.717, 1.165) is 14.9 Å². The van der Waals surface area contributed by atoms with E-state index in [1.807, 2.05) is 13.0 Å². The first-order chi connectivity index (χ1) is 12.5. The van der Waals surface area contributed by atoms with Crippen LogP contribution in [0.3, 0.4) is 0 Å². The van der Waals surface area contributed by atoms with Crippen molar-refractivity contribution < 1.29 is 23.9 Å². The van der Waals surface area contributed by atoms with Gasteiger partial charge in [-0.2, -0.15) is 0 Å². The molecular formula is C19H16BrNO5. The fourth-order valence-electron chi connectivity index (χ4n) is 2.58. The van der Waals surface area contributed by atoms with E-state index in [9.17, 15) is 14.4 Å². The second-order valence-corrected chi connectivity index (χ2v) is 6.58. The monoisotopic (exact) mass is 417 g/mol. The van der Waals surface area contributed by atoms with Crippen molar-refractivity contribution in [2.24, 2.45) is 0 Å². The molecule has 2 aromatic rings. The third kappa shape index (κ3) is 3.77. The number of imide groups is 1. The van der Waals surface area contributed by atoms with Gasteiger partial charge >= 0.3 is 5.97 Å². The number of amides is 2. The Balaban J connectivity index is 1.46. The molecule has 0 spiro atoms. The number of aryl methyl sites for hydroxylation is 1. The van der Waals surface area contributed by atoms with Gasteiger partial charge in [-0.1, -0.05) is 28.1 Å². The molecule has 0 radical (unpaired) electrons. The summed E-state index contributed by atoms with van der Waals surface area (Å²) in [6, 6.07) is 12.0. The number of carbonyl (C=O) groups is 3. The summed E-state index contributed by atoms with van der Waals surface area (Å²) in [7, 11) is 0. The van der Waals surface area contributed by atoms with Crippen molar-refractivity contribution in [2.75, 3.05) is 19.8 Å². The zero-order valence-electron chi connectivity index (χ0n) is 14.0. The van der Waals surface area contributed by atoms with E-state index < -0.39 is 5.97 Å². The van der Waals surface area contributed by atoms with E-state index in [1.165, 1.54) is 0 Å². The molecule has 0 saturated heterocycles. The third-order valence-corrected chi connectivity index (χ3v) is 4.83. The zero-order chi connectivity index (χ0) is 18.7. The van der Waals surface area contributed by atoms with Gasteiger partial charge < -0.3 is 9.47 Å². The lowest BCUT2D eigenvalue weighted by Crippen LogP contribution is -2.33. The van der Waals surface area contributed by atoms with Crippen LogP contribution < -0.4 is 4.74 Å². The molecule has 134 valence electrons. The molecule has 0 aromatic heterocycles. The fraction of sp³-hybridized carbons (Fsp3) is 0.211. The Labute approximate surface area is 158 Å². The molecule has 0 aliphatic carbocycles. The number of rotatable bonds is 6. The topological polar surface area (TPSA) is 72.9 Å². The first-order valence-corrected chi connectivity index (χ1v) is 8.76. The predicted molar refractivity (Wildman–Crippen MR) is 97.1 cm³/mol. The lowest BCUT2D eigenvalue weighted by molar-refractivity contribution is -0.146. The van der Waals surface area contributed by atoms with Crippen molar-refractivity contribution in [1.29, 1.82) is 0 Å². The van der Waals surface area contributed by atoms with Crippen LogP contribution in [0, 0.1) is 6.92 Å². The number of carbonyl (C=O) groups excluding carboxylic acids is 3. The van der Waals surface area contributed by atoms with Crippen molar-refractivity contribution >= 4 is 33.7 Å². The van der Waals surface area contributed by atoms with Crippen LogP contribution in [0.5, 0.6) is 5.75 Å². The van der Waals surface area contributed by atoms with Crippen LogP contribution in [0.1, 0.15) is 26.3 Å². The van der Waals surface area contributed by atoms with Crippen molar-refractivity contribution in [1.82, 2.24) is 4.90 Å². The van der Waals surface area contributed by atoms with Gasteiger partial charge in [-0.15, -0.1) is 0 Å². The van der Waals surface area contributed by atoms with Gasteiger partial charge in [-0.3, -0.25) is 14.5 Å². The van der Waals surface area contributed by atoms with Crippen molar-refractivity contribution in [3.05, 3.63) is 63.6 Å². The molecule has 1 aliphatic rings. The molecule has 1 aliphatic heterocycles. The fourth-order valence-corrected chi connectivity index (χ4v) is 2.83. The van der Waals surface area contributed by atoms with Gasteiger partial charge in [0, 0.05) is 4.47 Å². The maximum atomic E-state index is 12.2. The Kier molecular flexibility index (Phi) is 5.37. The van der Waals surface area contributed by atoms with Gasteiger partial charge in [0.2, 0.25) is 0 Å². The summed E-state index contributed by atoms with van der Waals surface area (Å²) >= 11 is 3.39. The molecule has 2 amide bonds. The maximum Gasteiger partial charge on any atom is 0.344 e. The van der Waals surface area contributed by atoms with E-state index >= 15 is 0 Å². The minimum Gasteiger partial charge on any atom is -0.482 e. The first kappa shape index (κ1) is 18.1. The number of nitrogens with zero attached hydrogens (tertiary/aromatic N) is 1. The Morgan fingerprint density at radius 1 is 1.08 bits per heavy atom. The first-order valence-electron chi connectivity index (χ1n) is 7.97. The Bertz CT molecular complexity index is 845. The minimum atomic E-state index is -0.567. The molecule has 2 aromatic carbocycles. The number of hydrogen-bond donors (Lipinski definition) is 0. The van der Waals surface area contributed by atoms with Crippen LogP contribution >= 0.6 is 15.9 Å². The van der Waals surface area contributed by atoms with E-state index in [4.69, 9.17) is 9.47 Å². The molecular weight excluding hydrogens is 402 g/mol. The number of ether oxygens (including phenoxy) is 2. The predicted octanol–water partition coefficient (Wildman–Crippen LogP) is 2.98. The van der Waals surface area contributed by atoms with Crippen molar-refractivity contribution in [3.8, 4) is 5.75 Å². The highest BCUT2D eigenvalue weighted by atomic mass is 79.9. The highest BCUT2D eigenvalue weighted by Crippen LogP contribution is 2.22. The van der Waals surface area contributed by atoms with E-state index in [2.05, 4.69) is 15.9 Å². The summed E-state index contributed by atoms with van der Waals surface area (Å²) in [6.45, 7) is 1.60. The van der Waals surface area contributed by atoms with E-state index in [0.29, 0.717) is 16.9 Å². The molecule has 7 heteroatoms. The van der Waals surface area contributed by atoms with Crippen LogP contribution in [-0.4, -0.2) is 42.4 Å². The molecule has 6 nitrogen and oxygen atoms in total. The van der Waals surface area contributed by atoms with Gasteiger partial charge in [0.15, 0.2) is 6.61 Å². The summed E-state index contributed by atoms with van der Waals surface area (Å²) in [5.74, 6) is -0.753. The van der Waals surface area contributed by atoms with E-state index in [-0.39, 0.29) is 31.6 Å². The molecule has 0 atom stereocenters. The average molecular weight is 418 g/mol. The molecule has 26 heavy (non-hydrogen) atoms. The molecule has 0 bridgehead atoms. The third-order valence-electron chi connectivity index (χ3n) is 3.94. The Morgan fingerprint density at radius 2 is 1.73 bits per heavy atom. The smallest absolute Gasteiger partial charge is 0.344 e. The maximum absolute atomic E-state index is 12.2. The van der Waals surface area contributed by atoms with Crippen LogP contribution in [0.15, 0.2) is 46.9 Å². The van der Waals surface area contributed by atoms with Crippen LogP contribution in [0.25, 0.3) is 0 Å². The van der Waals surface area contributed by atoms with Crippen LogP contribution in [0.4, 0.5) is 0 Å². The Morgan fingerprint density at radius 3 is 2.35 bits per heavy atom. The molecule has 1 heterocycles. The number of hydrogen-bond acceptors (Lipinski definition) is 5. The average Bonchev–Trinajstić information content (AvgIpc) is 2.88. The minimum absolute atomic E-state index is 0.00940. The highest BCUT2D eigenvalue weighted by Gasteiger charge is 2.34. The number of benzene rings is 2. The number of esters is 1. The number of halogens is 1. The number of fused-ring (bicyclic) bond motifs is 1. The van der Waals surface area contributed by atoms with Gasteiger partial charge in [-0.05, 0) is 42.8 Å². The largest absolute Gasteiger partial charge is 0.482 e. The lowest BCUT2D eigenvalue weighted by atomic mass is 10.1. The van der Waals surface area contributed by atoms with Gasteiger partial charge in [0.05, 0.1) is 17.7 Å². The lowest BCUT2D eigenvalue weighted by Gasteiger charge is -2.14. The molecule has 0 N–H and O–H groups in total. The van der Waals surface area contributed by atoms with Crippen LogP contribution in [0.2, 0.25) is 0 Å². The summed E-state index contributed by atoms with van der Waals surface area (Å²) in [6.07, 6.45) is 0. The SMILES string of the molecule is Cc1cc(OCC(=O)OCCN2C(=O)c3ccccc3C2=O)ccc1Br. The van der Waals surface area contributed by atoms with Gasteiger partial charge in [0.25, 0.3) is 11.8 Å². The van der Waals surface area contributed by atoms with Crippen molar-refractivity contribution in [2.45, 2.75) is 6.92 Å². The highest BCUT2D eigenvalue weighted by molar-refractivity contribution is 9.10. The second kappa shape index (κ2) is 7.70. The standard InChI is InChI=1S/C19H16BrNO5/c1-12-10-13(6-7-16(12)20)26-11-17(22)25-9-8-21-18(23)14-4-2-3-5-15(14)19(21)24/h2-7,10H,8-9,11H2,1H3. The van der Waals surface area contributed by atoms with Gasteiger partial charge in [0.1, 0.15) is 12.4 Å². The molecule has 0 fully saturated rings.